The smallest absolute Gasteiger partial charge is 0.0841 e. The van der Waals surface area contributed by atoms with Gasteiger partial charge in [0.2, 0.25) is 0 Å². The van der Waals surface area contributed by atoms with E-state index in [0.29, 0.717) is 0 Å². The molecule has 0 radical (unpaired) electrons. The Morgan fingerprint density at radius 1 is 0.548 bits per heavy atom. The Hall–Kier alpha value is -2.68. The summed E-state index contributed by atoms with van der Waals surface area (Å²) in [5, 5.41) is 0. The zero-order valence-corrected chi connectivity index (χ0v) is 20.4. The molecule has 0 atom stereocenters. The summed E-state index contributed by atoms with van der Waals surface area (Å²) in [7, 11) is 0. The van der Waals surface area contributed by atoms with Crippen LogP contribution < -0.4 is 14.7 Å². The van der Waals surface area contributed by atoms with Crippen LogP contribution >= 0.6 is 0 Å². The summed E-state index contributed by atoms with van der Waals surface area (Å²) < 4.78 is 0. The lowest BCUT2D eigenvalue weighted by Gasteiger charge is -2.36. The molecule has 2 aromatic rings. The lowest BCUT2D eigenvalue weighted by Crippen LogP contribution is -2.32. The van der Waals surface area contributed by atoms with Gasteiger partial charge in [0.25, 0.3) is 0 Å². The molecule has 31 heavy (non-hydrogen) atoms. The second-order valence-electron chi connectivity index (χ2n) is 7.55. The number of nitrogens with zero attached hydrogens (tertiary/aromatic N) is 3. The van der Waals surface area contributed by atoms with Gasteiger partial charge >= 0.3 is 0 Å². The Kier molecular flexibility index (Phi) is 10.2. The van der Waals surface area contributed by atoms with Crippen LogP contribution in [0.1, 0.15) is 52.7 Å². The molecule has 0 aromatic heterocycles. The number of anilines is 3. The fourth-order valence-corrected chi connectivity index (χ4v) is 4.09. The van der Waals surface area contributed by atoms with Crippen molar-refractivity contribution in [3.05, 3.63) is 65.7 Å². The molecule has 2 rings (SSSR count). The Morgan fingerprint density at radius 2 is 0.968 bits per heavy atom. The first-order valence-corrected chi connectivity index (χ1v) is 12.0. The van der Waals surface area contributed by atoms with Crippen molar-refractivity contribution in [1.29, 1.82) is 0 Å². The van der Waals surface area contributed by atoms with Crippen LogP contribution in [0.4, 0.5) is 17.1 Å². The second-order valence-corrected chi connectivity index (χ2v) is 7.55. The highest BCUT2D eigenvalue weighted by Crippen LogP contribution is 2.40. The van der Waals surface area contributed by atoms with Crippen molar-refractivity contribution in [2.24, 2.45) is 0 Å². The monoisotopic (exact) mass is 419 g/mol. The molecule has 0 fully saturated rings. The molecule has 2 aromatic carbocycles. The maximum absolute atomic E-state index is 2.50. The number of rotatable bonds is 12. The summed E-state index contributed by atoms with van der Waals surface area (Å²) in [5.74, 6) is 0. The summed E-state index contributed by atoms with van der Waals surface area (Å²) in [4.78, 5) is 7.47. The second kappa shape index (κ2) is 12.9. The quantitative estimate of drug-likeness (QED) is 0.345. The average molecular weight is 420 g/mol. The van der Waals surface area contributed by atoms with Crippen molar-refractivity contribution in [1.82, 2.24) is 0 Å². The van der Waals surface area contributed by atoms with Gasteiger partial charge in [0, 0.05) is 39.3 Å². The summed E-state index contributed by atoms with van der Waals surface area (Å²) >= 11 is 0. The van der Waals surface area contributed by atoms with E-state index in [-0.39, 0.29) is 0 Å². The molecule has 0 aliphatic rings. The van der Waals surface area contributed by atoms with Gasteiger partial charge in [-0.05, 0) is 64.8 Å². The van der Waals surface area contributed by atoms with Crippen LogP contribution in [0.3, 0.4) is 0 Å². The highest BCUT2D eigenvalue weighted by molar-refractivity contribution is 5.88. The maximum atomic E-state index is 2.50. The van der Waals surface area contributed by atoms with E-state index in [1.165, 1.54) is 28.2 Å². The van der Waals surface area contributed by atoms with Crippen molar-refractivity contribution in [3.8, 4) is 0 Å². The van der Waals surface area contributed by atoms with Crippen molar-refractivity contribution >= 4 is 29.2 Å². The molecule has 0 heterocycles. The summed E-state index contributed by atoms with van der Waals surface area (Å²) in [6, 6.07) is 15.2. The zero-order valence-electron chi connectivity index (χ0n) is 20.4. The van der Waals surface area contributed by atoms with E-state index in [0.717, 1.165) is 39.3 Å². The Morgan fingerprint density at radius 3 is 1.39 bits per heavy atom. The van der Waals surface area contributed by atoms with Crippen LogP contribution in [0.2, 0.25) is 0 Å². The van der Waals surface area contributed by atoms with E-state index >= 15 is 0 Å². The molecule has 0 amide bonds. The van der Waals surface area contributed by atoms with Crippen molar-refractivity contribution in [2.45, 2.75) is 41.5 Å². The normalized spacial score (nSPS) is 11.4. The molecule has 0 unspecified atom stereocenters. The third kappa shape index (κ3) is 6.40. The molecular weight excluding hydrogens is 378 g/mol. The standard InChI is InChI=1S/C28H41N3/c1-7-29(8-2)26-22-25(21-17-16-20-24-18-14-13-15-19-24)23-27(30(9-3)10-4)28(26)31(11-5)12-6/h13-23H,7-12H2,1-6H3/b20-16+,21-17+. The molecule has 0 N–H and O–H groups in total. The SMILES string of the molecule is CCN(CC)c1cc(/C=C/C=C/c2ccccc2)cc(N(CC)CC)c1N(CC)CC. The van der Waals surface area contributed by atoms with Gasteiger partial charge in [-0.15, -0.1) is 0 Å². The van der Waals surface area contributed by atoms with Crippen molar-refractivity contribution in [3.63, 3.8) is 0 Å². The minimum Gasteiger partial charge on any atom is -0.370 e. The summed E-state index contributed by atoms with van der Waals surface area (Å²) in [6.07, 6.45) is 8.65. The van der Waals surface area contributed by atoms with E-state index < -0.39 is 0 Å². The lowest BCUT2D eigenvalue weighted by molar-refractivity contribution is 0.815. The first-order valence-electron chi connectivity index (χ1n) is 12.0. The molecule has 3 heteroatoms. The molecule has 0 aliphatic carbocycles. The minimum atomic E-state index is 1.00. The van der Waals surface area contributed by atoms with E-state index in [4.69, 9.17) is 0 Å². The minimum absolute atomic E-state index is 1.00. The van der Waals surface area contributed by atoms with E-state index in [1.54, 1.807) is 0 Å². The molecule has 168 valence electrons. The number of allylic oxidation sites excluding steroid dienone is 2. The number of hydrogen-bond donors (Lipinski definition) is 0. The first-order chi connectivity index (χ1) is 15.1. The van der Waals surface area contributed by atoms with Crippen molar-refractivity contribution < 1.29 is 0 Å². The van der Waals surface area contributed by atoms with Crippen molar-refractivity contribution in [2.75, 3.05) is 54.0 Å². The molecule has 0 aliphatic heterocycles. The average Bonchev–Trinajstić information content (AvgIpc) is 2.81. The van der Waals surface area contributed by atoms with Crippen LogP contribution in [-0.2, 0) is 0 Å². The Balaban J connectivity index is 2.56. The molecule has 0 saturated carbocycles. The lowest BCUT2D eigenvalue weighted by atomic mass is 10.1. The fraction of sp³-hybridized carbons (Fsp3) is 0.429. The number of benzene rings is 2. The molecule has 0 saturated heterocycles. The van der Waals surface area contributed by atoms with Crippen LogP contribution in [0.25, 0.3) is 12.2 Å². The topological polar surface area (TPSA) is 9.72 Å². The van der Waals surface area contributed by atoms with Gasteiger partial charge in [-0.2, -0.15) is 0 Å². The first kappa shape index (κ1) is 24.6. The fourth-order valence-electron chi connectivity index (χ4n) is 4.09. The van der Waals surface area contributed by atoms with Crippen LogP contribution in [-0.4, -0.2) is 39.3 Å². The predicted molar refractivity (Wildman–Crippen MR) is 142 cm³/mol. The van der Waals surface area contributed by atoms with Gasteiger partial charge in [0.1, 0.15) is 0 Å². The van der Waals surface area contributed by atoms with Gasteiger partial charge in [-0.3, -0.25) is 0 Å². The van der Waals surface area contributed by atoms with Gasteiger partial charge in [-0.25, -0.2) is 0 Å². The van der Waals surface area contributed by atoms with Gasteiger partial charge in [0.15, 0.2) is 0 Å². The van der Waals surface area contributed by atoms with Gasteiger partial charge < -0.3 is 14.7 Å². The summed E-state index contributed by atoms with van der Waals surface area (Å²) in [5.41, 5.74) is 6.51. The van der Waals surface area contributed by atoms with Gasteiger partial charge in [-0.1, -0.05) is 54.6 Å². The van der Waals surface area contributed by atoms with Crippen LogP contribution in [0.5, 0.6) is 0 Å². The number of hydrogen-bond acceptors (Lipinski definition) is 3. The highest BCUT2D eigenvalue weighted by atomic mass is 15.2. The predicted octanol–water partition coefficient (Wildman–Crippen LogP) is 6.95. The van der Waals surface area contributed by atoms with E-state index in [9.17, 15) is 0 Å². The molecule has 0 bridgehead atoms. The van der Waals surface area contributed by atoms with E-state index in [2.05, 4.69) is 117 Å². The maximum Gasteiger partial charge on any atom is 0.0841 e. The van der Waals surface area contributed by atoms with Crippen LogP contribution in [0, 0.1) is 0 Å². The molecular formula is C28H41N3. The van der Waals surface area contributed by atoms with Gasteiger partial charge in [0.05, 0.1) is 17.1 Å². The Bertz CT molecular complexity index is 794. The van der Waals surface area contributed by atoms with Crippen LogP contribution in [0.15, 0.2) is 54.6 Å². The molecule has 3 nitrogen and oxygen atoms in total. The third-order valence-electron chi connectivity index (χ3n) is 5.87. The summed E-state index contributed by atoms with van der Waals surface area (Å²) in [6.45, 7) is 19.5. The largest absolute Gasteiger partial charge is 0.370 e. The zero-order chi connectivity index (χ0) is 22.6. The third-order valence-corrected chi connectivity index (χ3v) is 5.87. The Labute approximate surface area is 190 Å². The van der Waals surface area contributed by atoms with E-state index in [1.807, 2.05) is 6.07 Å². The molecule has 0 spiro atoms. The highest BCUT2D eigenvalue weighted by Gasteiger charge is 2.21.